The van der Waals surface area contributed by atoms with Gasteiger partial charge in [0.25, 0.3) is 0 Å². The summed E-state index contributed by atoms with van der Waals surface area (Å²) in [5, 5.41) is 2.69. The molecule has 20 heavy (non-hydrogen) atoms. The number of carbonyl (C=O) groups is 2. The van der Waals surface area contributed by atoms with Crippen LogP contribution in [0.5, 0.6) is 5.75 Å². The molecular formula is C15H20N2O3. The van der Waals surface area contributed by atoms with Gasteiger partial charge in [0, 0.05) is 20.5 Å². The second kappa shape index (κ2) is 5.94. The van der Waals surface area contributed by atoms with Crippen LogP contribution in [-0.4, -0.2) is 37.9 Å². The number of hydrogen-bond acceptors (Lipinski definition) is 3. The Morgan fingerprint density at radius 2 is 2.00 bits per heavy atom. The minimum atomic E-state index is -0.220. The van der Waals surface area contributed by atoms with Gasteiger partial charge in [0.1, 0.15) is 5.75 Å². The van der Waals surface area contributed by atoms with Crippen LogP contribution < -0.4 is 10.1 Å². The molecule has 5 nitrogen and oxygen atoms in total. The summed E-state index contributed by atoms with van der Waals surface area (Å²) in [6.07, 6.45) is 1.00. The average Bonchev–Trinajstić information content (AvgIpc) is 2.49. The van der Waals surface area contributed by atoms with Gasteiger partial charge in [-0.1, -0.05) is 12.1 Å². The molecule has 5 heteroatoms. The molecule has 1 N–H and O–H groups in total. The van der Waals surface area contributed by atoms with Crippen LogP contribution in [0.2, 0.25) is 0 Å². The van der Waals surface area contributed by atoms with E-state index in [-0.39, 0.29) is 23.8 Å². The highest BCUT2D eigenvalue weighted by Gasteiger charge is 2.38. The van der Waals surface area contributed by atoms with E-state index in [1.54, 1.807) is 26.1 Å². The Balaban J connectivity index is 2.34. The molecule has 2 amide bonds. The van der Waals surface area contributed by atoms with Crippen LogP contribution in [0.1, 0.15) is 24.4 Å². The van der Waals surface area contributed by atoms with Crippen molar-refractivity contribution in [1.82, 2.24) is 10.2 Å². The van der Waals surface area contributed by atoms with Crippen LogP contribution in [0, 0.1) is 5.92 Å². The summed E-state index contributed by atoms with van der Waals surface area (Å²) in [5.74, 6) is 0.599. The van der Waals surface area contributed by atoms with E-state index < -0.39 is 0 Å². The van der Waals surface area contributed by atoms with E-state index in [0.717, 1.165) is 11.3 Å². The predicted octanol–water partition coefficient (Wildman–Crippen LogP) is 1.35. The topological polar surface area (TPSA) is 58.6 Å². The fraction of sp³-hybridized carbons (Fsp3) is 0.467. The van der Waals surface area contributed by atoms with Crippen molar-refractivity contribution < 1.29 is 14.3 Å². The van der Waals surface area contributed by atoms with E-state index in [0.29, 0.717) is 12.8 Å². The number of methoxy groups -OCH3 is 1. The summed E-state index contributed by atoms with van der Waals surface area (Å²) in [6.45, 7) is 0. The molecule has 1 aromatic rings. The Morgan fingerprint density at radius 1 is 1.35 bits per heavy atom. The molecule has 0 radical (unpaired) electrons. The Hall–Kier alpha value is -2.04. The zero-order chi connectivity index (χ0) is 14.7. The molecule has 0 unspecified atom stereocenters. The number of nitrogens with one attached hydrogen (secondary N) is 1. The number of rotatable bonds is 3. The standard InChI is InChI=1S/C15H20N2O3/c1-16-15(19)12-8-9-13(18)17(2)14(12)10-4-6-11(20-3)7-5-10/h4-7,12,14H,8-9H2,1-3H3,(H,16,19)/t12-,14-/m0/s1. The van der Waals surface area contributed by atoms with Gasteiger partial charge in [-0.25, -0.2) is 0 Å². The number of likely N-dealkylation sites (tertiary alicyclic amines) is 1. The maximum absolute atomic E-state index is 12.1. The molecule has 0 aromatic heterocycles. The summed E-state index contributed by atoms with van der Waals surface area (Å²) < 4.78 is 5.14. The number of carbonyl (C=O) groups excluding carboxylic acids is 2. The lowest BCUT2D eigenvalue weighted by Gasteiger charge is -2.38. The molecule has 108 valence electrons. The summed E-state index contributed by atoms with van der Waals surface area (Å²) in [7, 11) is 4.99. The summed E-state index contributed by atoms with van der Waals surface area (Å²) >= 11 is 0. The van der Waals surface area contributed by atoms with E-state index in [2.05, 4.69) is 5.32 Å². The molecule has 1 aliphatic rings. The minimum Gasteiger partial charge on any atom is -0.497 e. The first-order chi connectivity index (χ1) is 9.58. The van der Waals surface area contributed by atoms with Crippen molar-refractivity contribution in [3.05, 3.63) is 29.8 Å². The van der Waals surface area contributed by atoms with E-state index >= 15 is 0 Å². The van der Waals surface area contributed by atoms with Gasteiger partial charge in [-0.05, 0) is 24.1 Å². The fourth-order valence-corrected chi connectivity index (χ4v) is 2.76. The Morgan fingerprint density at radius 3 is 2.55 bits per heavy atom. The second-order valence-electron chi connectivity index (χ2n) is 4.98. The van der Waals surface area contributed by atoms with Gasteiger partial charge in [-0.15, -0.1) is 0 Å². The average molecular weight is 276 g/mol. The van der Waals surface area contributed by atoms with Crippen LogP contribution in [0.4, 0.5) is 0 Å². The van der Waals surface area contributed by atoms with Gasteiger partial charge >= 0.3 is 0 Å². The lowest BCUT2D eigenvalue weighted by Crippen LogP contribution is -2.45. The van der Waals surface area contributed by atoms with Crippen molar-refractivity contribution in [2.45, 2.75) is 18.9 Å². The molecule has 0 saturated carbocycles. The third kappa shape index (κ3) is 2.61. The Labute approximate surface area is 118 Å². The number of piperidine rings is 1. The van der Waals surface area contributed by atoms with Gasteiger partial charge in [0.15, 0.2) is 0 Å². The first-order valence-electron chi connectivity index (χ1n) is 6.69. The number of ether oxygens (including phenoxy) is 1. The first-order valence-corrected chi connectivity index (χ1v) is 6.69. The van der Waals surface area contributed by atoms with Crippen molar-refractivity contribution in [1.29, 1.82) is 0 Å². The van der Waals surface area contributed by atoms with Crippen LogP contribution in [-0.2, 0) is 9.59 Å². The minimum absolute atomic E-state index is 0.0230. The zero-order valence-corrected chi connectivity index (χ0v) is 12.1. The Bertz CT molecular complexity index is 498. The van der Waals surface area contributed by atoms with Gasteiger partial charge in [-0.2, -0.15) is 0 Å². The molecule has 0 bridgehead atoms. The maximum Gasteiger partial charge on any atom is 0.225 e. The highest BCUT2D eigenvalue weighted by atomic mass is 16.5. The van der Waals surface area contributed by atoms with Gasteiger partial charge in [0.05, 0.1) is 19.1 Å². The third-order valence-corrected chi connectivity index (χ3v) is 3.90. The van der Waals surface area contributed by atoms with E-state index in [4.69, 9.17) is 4.74 Å². The largest absolute Gasteiger partial charge is 0.497 e. The summed E-state index contributed by atoms with van der Waals surface area (Å²) in [6, 6.07) is 7.30. The molecule has 1 heterocycles. The van der Waals surface area contributed by atoms with Crippen LogP contribution >= 0.6 is 0 Å². The van der Waals surface area contributed by atoms with Crippen molar-refractivity contribution in [3.8, 4) is 5.75 Å². The van der Waals surface area contributed by atoms with Crippen LogP contribution in [0.3, 0.4) is 0 Å². The third-order valence-electron chi connectivity index (χ3n) is 3.90. The smallest absolute Gasteiger partial charge is 0.225 e. The molecular weight excluding hydrogens is 256 g/mol. The highest BCUT2D eigenvalue weighted by molar-refractivity contribution is 5.84. The van der Waals surface area contributed by atoms with Crippen molar-refractivity contribution in [3.63, 3.8) is 0 Å². The molecule has 2 atom stereocenters. The highest BCUT2D eigenvalue weighted by Crippen LogP contribution is 2.36. The summed E-state index contributed by atoms with van der Waals surface area (Å²) in [5.41, 5.74) is 0.954. The number of nitrogens with zero attached hydrogens (tertiary/aromatic N) is 1. The van der Waals surface area contributed by atoms with Crippen LogP contribution in [0.25, 0.3) is 0 Å². The fourth-order valence-electron chi connectivity index (χ4n) is 2.76. The first kappa shape index (κ1) is 14.4. The van der Waals surface area contributed by atoms with E-state index in [1.807, 2.05) is 24.3 Å². The molecule has 1 saturated heterocycles. The predicted molar refractivity (Wildman–Crippen MR) is 75.3 cm³/mol. The molecule has 0 spiro atoms. The number of amides is 2. The van der Waals surface area contributed by atoms with E-state index in [9.17, 15) is 9.59 Å². The normalized spacial score (nSPS) is 22.6. The monoisotopic (exact) mass is 276 g/mol. The number of hydrogen-bond donors (Lipinski definition) is 1. The van der Waals surface area contributed by atoms with Crippen molar-refractivity contribution in [2.24, 2.45) is 5.92 Å². The quantitative estimate of drug-likeness (QED) is 0.906. The zero-order valence-electron chi connectivity index (χ0n) is 12.1. The number of benzene rings is 1. The van der Waals surface area contributed by atoms with E-state index in [1.165, 1.54) is 0 Å². The SMILES string of the molecule is CNC(=O)[C@H]1CCC(=O)N(C)[C@H]1c1ccc(OC)cc1. The lowest BCUT2D eigenvalue weighted by molar-refractivity contribution is -0.141. The molecule has 0 aliphatic carbocycles. The van der Waals surface area contributed by atoms with Gasteiger partial charge in [-0.3, -0.25) is 9.59 Å². The van der Waals surface area contributed by atoms with Crippen molar-refractivity contribution in [2.75, 3.05) is 21.2 Å². The maximum atomic E-state index is 12.1. The molecule has 2 rings (SSSR count). The summed E-state index contributed by atoms with van der Waals surface area (Å²) in [4.78, 5) is 25.7. The molecule has 1 aromatic carbocycles. The second-order valence-corrected chi connectivity index (χ2v) is 4.98. The van der Waals surface area contributed by atoms with Crippen molar-refractivity contribution >= 4 is 11.8 Å². The Kier molecular flexibility index (Phi) is 4.27. The molecule has 1 aliphatic heterocycles. The van der Waals surface area contributed by atoms with Gasteiger partial charge in [0.2, 0.25) is 11.8 Å². The molecule has 1 fully saturated rings. The van der Waals surface area contributed by atoms with Crippen LogP contribution in [0.15, 0.2) is 24.3 Å². The lowest BCUT2D eigenvalue weighted by atomic mass is 9.84. The van der Waals surface area contributed by atoms with Gasteiger partial charge < -0.3 is 15.0 Å².